The van der Waals surface area contributed by atoms with Gasteiger partial charge in [0.25, 0.3) is 0 Å². The molecule has 0 aliphatic carbocycles. The number of halogens is 3. The van der Waals surface area contributed by atoms with E-state index in [1.165, 1.54) is 29.5 Å². The Labute approximate surface area is 130 Å². The molecule has 2 aromatic rings. The Kier molecular flexibility index (Phi) is 3.87. The lowest BCUT2D eigenvalue weighted by molar-refractivity contribution is -0.137. The average Bonchev–Trinajstić information content (AvgIpc) is 2.97. The number of nitrogens with one attached hydrogen (secondary N) is 1. The minimum atomic E-state index is -4.31. The van der Waals surface area contributed by atoms with Crippen molar-refractivity contribution in [3.63, 3.8) is 0 Å². The van der Waals surface area contributed by atoms with Crippen molar-refractivity contribution in [2.75, 3.05) is 0 Å². The Morgan fingerprint density at radius 3 is 2.23 bits per heavy atom. The summed E-state index contributed by atoms with van der Waals surface area (Å²) in [6.45, 7) is 2.01. The number of hydrazone groups is 1. The van der Waals surface area contributed by atoms with Gasteiger partial charge in [-0.2, -0.15) is 18.3 Å². The Morgan fingerprint density at radius 2 is 1.64 bits per heavy atom. The molecule has 0 bridgehead atoms. The fraction of sp³-hybridized carbons (Fsp3) is 0.188. The van der Waals surface area contributed by atoms with Crippen LogP contribution in [0.4, 0.5) is 13.2 Å². The maximum Gasteiger partial charge on any atom is 0.416 e. The minimum Gasteiger partial charge on any atom is -0.291 e. The second-order valence-electron chi connectivity index (χ2n) is 5.03. The maximum absolute atomic E-state index is 12.6. The van der Waals surface area contributed by atoms with Gasteiger partial charge in [-0.15, -0.1) is 0 Å². The summed E-state index contributed by atoms with van der Waals surface area (Å²) in [4.78, 5) is 0. The zero-order chi connectivity index (χ0) is 15.7. The Balaban J connectivity index is 1.73. The largest absolute Gasteiger partial charge is 0.416 e. The van der Waals surface area contributed by atoms with Gasteiger partial charge >= 0.3 is 6.18 Å². The van der Waals surface area contributed by atoms with Crippen molar-refractivity contribution in [2.45, 2.75) is 18.5 Å². The number of aryl methyl sites for hydroxylation is 1. The highest BCUT2D eigenvalue weighted by Crippen LogP contribution is 2.36. The van der Waals surface area contributed by atoms with Crippen LogP contribution in [0.3, 0.4) is 0 Å². The number of hydrogen-bond acceptors (Lipinski definition) is 3. The maximum atomic E-state index is 12.6. The molecule has 22 heavy (non-hydrogen) atoms. The molecule has 3 rings (SSSR count). The zero-order valence-electron chi connectivity index (χ0n) is 11.7. The van der Waals surface area contributed by atoms with Crippen molar-refractivity contribution in [3.05, 3.63) is 70.8 Å². The molecule has 114 valence electrons. The van der Waals surface area contributed by atoms with Crippen molar-refractivity contribution < 1.29 is 13.2 Å². The number of rotatable bonds is 2. The monoisotopic (exact) mass is 322 g/mol. The van der Waals surface area contributed by atoms with Crippen molar-refractivity contribution in [2.24, 2.45) is 5.10 Å². The number of nitrogens with zero attached hydrogens (tertiary/aromatic N) is 1. The van der Waals surface area contributed by atoms with Gasteiger partial charge in [0.05, 0.1) is 5.56 Å². The highest BCUT2D eigenvalue weighted by atomic mass is 32.2. The zero-order valence-corrected chi connectivity index (χ0v) is 12.5. The average molecular weight is 322 g/mol. The summed E-state index contributed by atoms with van der Waals surface area (Å²) in [5.41, 5.74) is 5.26. The van der Waals surface area contributed by atoms with Crippen LogP contribution >= 0.6 is 11.8 Å². The van der Waals surface area contributed by atoms with Crippen molar-refractivity contribution in [1.82, 2.24) is 5.43 Å². The van der Waals surface area contributed by atoms with E-state index in [2.05, 4.69) is 10.5 Å². The molecule has 1 aliphatic heterocycles. The summed E-state index contributed by atoms with van der Waals surface area (Å²) in [7, 11) is 0. The van der Waals surface area contributed by atoms with E-state index in [4.69, 9.17) is 0 Å². The molecular formula is C16H13F3N2S. The van der Waals surface area contributed by atoms with Gasteiger partial charge in [0, 0.05) is 5.56 Å². The molecule has 2 nitrogen and oxygen atoms in total. The van der Waals surface area contributed by atoms with Gasteiger partial charge in [0.2, 0.25) is 0 Å². The van der Waals surface area contributed by atoms with Crippen molar-refractivity contribution in [1.29, 1.82) is 0 Å². The van der Waals surface area contributed by atoms with Crippen LogP contribution in [0.15, 0.2) is 53.6 Å². The number of alkyl halides is 3. The molecule has 1 heterocycles. The van der Waals surface area contributed by atoms with Gasteiger partial charge in [0.15, 0.2) is 0 Å². The summed E-state index contributed by atoms with van der Waals surface area (Å²) in [5.74, 6) is 0. The molecular weight excluding hydrogens is 309 g/mol. The van der Waals surface area contributed by atoms with Gasteiger partial charge in [-0.3, -0.25) is 5.43 Å². The van der Waals surface area contributed by atoms with E-state index in [1.54, 1.807) is 0 Å². The Morgan fingerprint density at radius 1 is 1.00 bits per heavy atom. The molecule has 1 atom stereocenters. The van der Waals surface area contributed by atoms with Gasteiger partial charge in [-0.25, -0.2) is 0 Å². The quantitative estimate of drug-likeness (QED) is 0.866. The first-order valence-corrected chi connectivity index (χ1v) is 7.55. The fourth-order valence-electron chi connectivity index (χ4n) is 2.10. The first kappa shape index (κ1) is 15.0. The van der Waals surface area contributed by atoms with E-state index in [0.717, 1.165) is 28.3 Å². The van der Waals surface area contributed by atoms with Crippen LogP contribution in [0.25, 0.3) is 0 Å². The number of benzene rings is 2. The second-order valence-corrected chi connectivity index (χ2v) is 6.12. The molecule has 1 N–H and O–H groups in total. The smallest absolute Gasteiger partial charge is 0.291 e. The molecule has 6 heteroatoms. The summed E-state index contributed by atoms with van der Waals surface area (Å²) in [6, 6.07) is 13.1. The lowest BCUT2D eigenvalue weighted by atomic mass is 10.1. The second kappa shape index (κ2) is 5.68. The highest BCUT2D eigenvalue weighted by molar-refractivity contribution is 8.14. The third kappa shape index (κ3) is 3.11. The van der Waals surface area contributed by atoms with Gasteiger partial charge in [-0.05, 0) is 24.6 Å². The SMILES string of the molecule is Cc1ccc(C2=NN[C@H](c3ccc(C(F)(F)F)cc3)S2)cc1. The normalized spacial score (nSPS) is 18.0. The van der Waals surface area contributed by atoms with Crippen LogP contribution in [0, 0.1) is 6.92 Å². The Hall–Kier alpha value is -1.95. The van der Waals surface area contributed by atoms with Crippen LogP contribution in [0.2, 0.25) is 0 Å². The molecule has 0 radical (unpaired) electrons. The molecule has 0 aromatic heterocycles. The van der Waals surface area contributed by atoms with E-state index < -0.39 is 11.7 Å². The molecule has 0 spiro atoms. The van der Waals surface area contributed by atoms with E-state index in [9.17, 15) is 13.2 Å². The first-order chi connectivity index (χ1) is 10.4. The van der Waals surface area contributed by atoms with E-state index >= 15 is 0 Å². The van der Waals surface area contributed by atoms with Crippen LogP contribution in [-0.4, -0.2) is 5.04 Å². The summed E-state index contributed by atoms with van der Waals surface area (Å²) in [6.07, 6.45) is -4.31. The minimum absolute atomic E-state index is 0.168. The lowest BCUT2D eigenvalue weighted by Gasteiger charge is -2.11. The van der Waals surface area contributed by atoms with Crippen molar-refractivity contribution >= 4 is 16.8 Å². The number of thioether (sulfide) groups is 1. The summed E-state index contributed by atoms with van der Waals surface area (Å²) < 4.78 is 37.7. The summed E-state index contributed by atoms with van der Waals surface area (Å²) >= 11 is 1.49. The van der Waals surface area contributed by atoms with Gasteiger partial charge in [-0.1, -0.05) is 53.7 Å². The van der Waals surface area contributed by atoms with E-state index in [1.807, 2.05) is 31.2 Å². The summed E-state index contributed by atoms with van der Waals surface area (Å²) in [5, 5.41) is 4.94. The van der Waals surface area contributed by atoms with Gasteiger partial charge in [0.1, 0.15) is 10.4 Å². The van der Waals surface area contributed by atoms with Crippen LogP contribution in [0.1, 0.15) is 27.6 Å². The fourth-order valence-corrected chi connectivity index (χ4v) is 3.10. The van der Waals surface area contributed by atoms with Crippen LogP contribution < -0.4 is 5.43 Å². The number of hydrogen-bond donors (Lipinski definition) is 1. The Bertz CT molecular complexity index is 691. The first-order valence-electron chi connectivity index (χ1n) is 6.67. The van der Waals surface area contributed by atoms with E-state index in [-0.39, 0.29) is 5.37 Å². The molecule has 1 aliphatic rings. The third-order valence-electron chi connectivity index (χ3n) is 3.35. The van der Waals surface area contributed by atoms with Crippen LogP contribution in [0.5, 0.6) is 0 Å². The third-order valence-corrected chi connectivity index (χ3v) is 4.52. The molecule has 0 saturated heterocycles. The molecule has 0 unspecified atom stereocenters. The molecule has 0 amide bonds. The predicted octanol–water partition coefficient (Wildman–Crippen LogP) is 4.71. The predicted molar refractivity (Wildman–Crippen MR) is 82.6 cm³/mol. The standard InChI is InChI=1S/C16H13F3N2S/c1-10-2-4-11(5-3-10)14-20-21-15(22-14)12-6-8-13(9-7-12)16(17,18)19/h2-9,15,21H,1H3/t15-/m0/s1. The molecule has 0 saturated carbocycles. The molecule has 0 fully saturated rings. The van der Waals surface area contributed by atoms with Crippen molar-refractivity contribution in [3.8, 4) is 0 Å². The topological polar surface area (TPSA) is 24.4 Å². The lowest BCUT2D eigenvalue weighted by Crippen LogP contribution is -2.08. The van der Waals surface area contributed by atoms with Crippen LogP contribution in [-0.2, 0) is 6.18 Å². The van der Waals surface area contributed by atoms with Gasteiger partial charge < -0.3 is 0 Å². The van der Waals surface area contributed by atoms with E-state index in [0.29, 0.717) is 0 Å². The highest BCUT2D eigenvalue weighted by Gasteiger charge is 2.30. The molecule has 2 aromatic carbocycles.